The van der Waals surface area contributed by atoms with Crippen LogP contribution in [0.1, 0.15) is 46.2 Å². The van der Waals surface area contributed by atoms with Crippen molar-refractivity contribution >= 4 is 24.9 Å². The highest BCUT2D eigenvalue weighted by atomic mass is 16.3. The van der Waals surface area contributed by atoms with Crippen LogP contribution in [0.3, 0.4) is 0 Å². The van der Waals surface area contributed by atoms with Crippen molar-refractivity contribution in [1.29, 1.82) is 0 Å². The third kappa shape index (κ3) is 5.86. The summed E-state index contributed by atoms with van der Waals surface area (Å²) < 4.78 is 0. The fraction of sp³-hybridized carbons (Fsp3) is 0.333. The molecule has 2 aromatic carbocycles. The first-order valence-corrected chi connectivity index (χ1v) is 10.2. The van der Waals surface area contributed by atoms with E-state index in [2.05, 4.69) is 20.0 Å². The van der Waals surface area contributed by atoms with Crippen LogP contribution in [0.4, 0.5) is 0 Å². The van der Waals surface area contributed by atoms with Gasteiger partial charge in [-0.15, -0.1) is 0 Å². The lowest BCUT2D eigenvalue weighted by Crippen LogP contribution is -2.04. The Labute approximate surface area is 177 Å². The SMILES string of the molecule is Cc1cc2c([O-])c(c1)C=NCCN=Cc1cc(C)cc(c1[O-])C=NCCCCN=C2. The number of hydrogen-bond acceptors (Lipinski definition) is 6. The summed E-state index contributed by atoms with van der Waals surface area (Å²) in [6, 6.07) is 7.35. The molecule has 1 aliphatic heterocycles. The Bertz CT molecular complexity index is 925. The minimum absolute atomic E-state index is 0.0705. The van der Waals surface area contributed by atoms with Gasteiger partial charge in [-0.05, 0) is 60.1 Å². The second-order valence-corrected chi connectivity index (χ2v) is 7.39. The summed E-state index contributed by atoms with van der Waals surface area (Å²) in [6.45, 7) is 6.02. The van der Waals surface area contributed by atoms with E-state index in [1.54, 1.807) is 24.9 Å². The Morgan fingerprint density at radius 2 is 0.833 bits per heavy atom. The summed E-state index contributed by atoms with van der Waals surface area (Å²) in [5, 5.41) is 25.2. The fourth-order valence-corrected chi connectivity index (χ4v) is 3.22. The van der Waals surface area contributed by atoms with Crippen LogP contribution in [-0.2, 0) is 0 Å². The monoisotopic (exact) mass is 402 g/mol. The second-order valence-electron chi connectivity index (χ2n) is 7.39. The topological polar surface area (TPSA) is 95.6 Å². The van der Waals surface area contributed by atoms with Gasteiger partial charge in [0.05, 0.1) is 13.1 Å². The van der Waals surface area contributed by atoms with Gasteiger partial charge in [0.15, 0.2) is 0 Å². The van der Waals surface area contributed by atoms with Crippen molar-refractivity contribution in [3.05, 3.63) is 57.6 Å². The number of rotatable bonds is 0. The van der Waals surface area contributed by atoms with Crippen LogP contribution in [0.25, 0.3) is 0 Å². The molecule has 0 fully saturated rings. The van der Waals surface area contributed by atoms with Gasteiger partial charge in [0.1, 0.15) is 0 Å². The second kappa shape index (κ2) is 10.5. The van der Waals surface area contributed by atoms with Crippen molar-refractivity contribution in [2.75, 3.05) is 26.2 Å². The zero-order valence-electron chi connectivity index (χ0n) is 17.5. The summed E-state index contributed by atoms with van der Waals surface area (Å²) in [6.07, 6.45) is 8.21. The number of fused-ring (bicyclic) bond motifs is 4. The minimum Gasteiger partial charge on any atom is -0.872 e. The van der Waals surface area contributed by atoms with Gasteiger partial charge >= 0.3 is 0 Å². The molecule has 1 aliphatic rings. The van der Waals surface area contributed by atoms with Crippen molar-refractivity contribution in [2.24, 2.45) is 20.0 Å². The van der Waals surface area contributed by atoms with E-state index in [1.807, 2.05) is 38.1 Å². The molecule has 0 atom stereocenters. The van der Waals surface area contributed by atoms with Crippen molar-refractivity contribution in [3.63, 3.8) is 0 Å². The third-order valence-electron chi connectivity index (χ3n) is 4.69. The van der Waals surface area contributed by atoms with Gasteiger partial charge in [0, 0.05) is 37.9 Å². The Hall–Kier alpha value is -3.28. The lowest BCUT2D eigenvalue weighted by Gasteiger charge is -2.15. The number of hydrogen-bond donors (Lipinski definition) is 0. The highest BCUT2D eigenvalue weighted by molar-refractivity contribution is 5.93. The molecule has 0 spiro atoms. The lowest BCUT2D eigenvalue weighted by atomic mass is 10.1. The molecule has 2 aromatic rings. The molecule has 0 amide bonds. The van der Waals surface area contributed by atoms with E-state index in [-0.39, 0.29) is 11.5 Å². The van der Waals surface area contributed by atoms with E-state index < -0.39 is 0 Å². The van der Waals surface area contributed by atoms with Crippen LogP contribution < -0.4 is 10.2 Å². The number of benzene rings is 2. The number of nitrogens with zero attached hydrogens (tertiary/aromatic N) is 4. The maximum atomic E-state index is 12.6. The molecule has 30 heavy (non-hydrogen) atoms. The van der Waals surface area contributed by atoms with E-state index in [9.17, 15) is 10.2 Å². The van der Waals surface area contributed by atoms with E-state index in [0.29, 0.717) is 48.4 Å². The molecule has 0 saturated carbocycles. The summed E-state index contributed by atoms with van der Waals surface area (Å²) >= 11 is 0. The normalized spacial score (nSPS) is 15.3. The van der Waals surface area contributed by atoms with Crippen LogP contribution in [-0.4, -0.2) is 51.0 Å². The molecule has 156 valence electrons. The van der Waals surface area contributed by atoms with Gasteiger partial charge in [-0.3, -0.25) is 20.0 Å². The Kier molecular flexibility index (Phi) is 7.49. The Morgan fingerprint density at radius 1 is 0.533 bits per heavy atom. The standard InChI is InChI=1S/C24H28N4O2/c1-17-9-19-13-25-5-3-4-6-26-14-20-10-18(2)12-22(24(20)30)16-28-8-7-27-15-21(11-17)23(19)29/h9-16,29-30H,3-8H2,1-2H3/p-2. The molecule has 6 nitrogen and oxygen atoms in total. The molecule has 3 rings (SSSR count). The van der Waals surface area contributed by atoms with Gasteiger partial charge in [-0.1, -0.05) is 35.8 Å². The smallest absolute Gasteiger partial charge is 0.0585 e. The highest BCUT2D eigenvalue weighted by Gasteiger charge is 2.00. The van der Waals surface area contributed by atoms with Gasteiger partial charge in [0.25, 0.3) is 0 Å². The van der Waals surface area contributed by atoms with E-state index >= 15 is 0 Å². The average Bonchev–Trinajstić information content (AvgIpc) is 2.71. The highest BCUT2D eigenvalue weighted by Crippen LogP contribution is 2.20. The van der Waals surface area contributed by atoms with Crippen LogP contribution in [0, 0.1) is 13.8 Å². The van der Waals surface area contributed by atoms with Crippen LogP contribution in [0.2, 0.25) is 0 Å². The fourth-order valence-electron chi connectivity index (χ4n) is 3.22. The van der Waals surface area contributed by atoms with Crippen LogP contribution in [0.15, 0.2) is 44.2 Å². The van der Waals surface area contributed by atoms with Gasteiger partial charge in [0.2, 0.25) is 0 Å². The molecule has 4 bridgehead atoms. The van der Waals surface area contributed by atoms with Crippen molar-refractivity contribution in [1.82, 2.24) is 0 Å². The van der Waals surface area contributed by atoms with Gasteiger partial charge in [-0.2, -0.15) is 0 Å². The van der Waals surface area contributed by atoms with Crippen molar-refractivity contribution in [2.45, 2.75) is 26.7 Å². The molecule has 0 saturated heterocycles. The molecule has 0 unspecified atom stereocenters. The van der Waals surface area contributed by atoms with E-state index in [4.69, 9.17) is 0 Å². The average molecular weight is 402 g/mol. The summed E-state index contributed by atoms with van der Waals surface area (Å²) in [5.41, 5.74) is 4.25. The third-order valence-corrected chi connectivity index (χ3v) is 4.69. The first kappa shape index (κ1) is 21.4. The molecule has 0 aromatic heterocycles. The largest absolute Gasteiger partial charge is 0.872 e. The Balaban J connectivity index is 1.85. The van der Waals surface area contributed by atoms with Gasteiger partial charge < -0.3 is 10.2 Å². The zero-order valence-corrected chi connectivity index (χ0v) is 17.5. The molecule has 1 heterocycles. The zero-order chi connectivity index (χ0) is 21.3. The maximum Gasteiger partial charge on any atom is 0.0585 e. The van der Waals surface area contributed by atoms with Crippen LogP contribution >= 0.6 is 0 Å². The summed E-state index contributed by atoms with van der Waals surface area (Å²) in [7, 11) is 0. The predicted octanol–water partition coefficient (Wildman–Crippen LogP) is 2.62. The van der Waals surface area contributed by atoms with E-state index in [1.165, 1.54) is 0 Å². The first-order chi connectivity index (χ1) is 14.5. The molecule has 0 radical (unpaired) electrons. The summed E-state index contributed by atoms with van der Waals surface area (Å²) in [5.74, 6) is -0.141. The maximum absolute atomic E-state index is 12.6. The van der Waals surface area contributed by atoms with Gasteiger partial charge in [-0.25, -0.2) is 0 Å². The molecule has 6 heteroatoms. The molecular weight excluding hydrogens is 376 g/mol. The number of aliphatic imine (C=N–C) groups is 4. The van der Waals surface area contributed by atoms with E-state index in [0.717, 1.165) is 24.0 Å². The number of aryl methyl sites for hydroxylation is 2. The summed E-state index contributed by atoms with van der Waals surface area (Å²) in [4.78, 5) is 17.4. The van der Waals surface area contributed by atoms with Crippen LogP contribution in [0.5, 0.6) is 11.5 Å². The first-order valence-electron chi connectivity index (χ1n) is 10.2. The van der Waals surface area contributed by atoms with Crippen molar-refractivity contribution in [3.8, 4) is 11.5 Å². The molecular formula is C24H26N4O2-2. The predicted molar refractivity (Wildman–Crippen MR) is 120 cm³/mol. The minimum atomic E-state index is -0.0705. The molecule has 0 N–H and O–H groups in total. The Morgan fingerprint density at radius 3 is 1.17 bits per heavy atom. The quantitative estimate of drug-likeness (QED) is 0.677. The van der Waals surface area contributed by atoms with Crippen molar-refractivity contribution < 1.29 is 10.2 Å². The lowest BCUT2D eigenvalue weighted by molar-refractivity contribution is -0.269. The molecule has 0 aliphatic carbocycles.